The molecular weight excluding hydrogens is 188 g/mol. The van der Waals surface area contributed by atoms with Crippen LogP contribution in [0.25, 0.3) is 0 Å². The molecule has 0 aromatic carbocycles. The van der Waals surface area contributed by atoms with Gasteiger partial charge >= 0.3 is 18.6 Å². The summed E-state index contributed by atoms with van der Waals surface area (Å²) in [7, 11) is 0. The van der Waals surface area contributed by atoms with E-state index in [1.54, 1.807) is 0 Å². The van der Waals surface area contributed by atoms with Crippen LogP contribution in [-0.4, -0.2) is 0 Å². The fraction of sp³-hybridized carbons (Fsp3) is 0.250. The van der Waals surface area contributed by atoms with E-state index in [0.29, 0.717) is 0 Å². The molecule has 0 unspecified atom stereocenters. The molecule has 0 N–H and O–H groups in total. The third-order valence-corrected chi connectivity index (χ3v) is 0. The molecular formula is C4H9VY-. The van der Waals surface area contributed by atoms with Gasteiger partial charge in [-0.05, 0) is 0 Å². The standard InChI is InChI=1S/C3H6.CH3.V.Y/c1-3-2;;;/h1-3H2;1H3;;/q-2;-1;+2;. The van der Waals surface area contributed by atoms with Crippen LogP contribution in [0.4, 0.5) is 0 Å². The van der Waals surface area contributed by atoms with Crippen molar-refractivity contribution in [2.45, 2.75) is 6.42 Å². The second kappa shape index (κ2) is 29.9. The van der Waals surface area contributed by atoms with Gasteiger partial charge < -0.3 is 27.7 Å². The van der Waals surface area contributed by atoms with E-state index >= 15 is 0 Å². The summed E-state index contributed by atoms with van der Waals surface area (Å²) in [5, 5.41) is 0. The first-order valence-electron chi connectivity index (χ1n) is 1.000. The van der Waals surface area contributed by atoms with E-state index in [9.17, 15) is 0 Å². The average molecular weight is 197 g/mol. The van der Waals surface area contributed by atoms with Gasteiger partial charge in [0.1, 0.15) is 0 Å². The minimum Gasteiger partial charge on any atom is -0.372 e. The fourth-order valence-electron chi connectivity index (χ4n) is 0. The van der Waals surface area contributed by atoms with Crippen molar-refractivity contribution in [2.75, 3.05) is 0 Å². The Morgan fingerprint density at radius 1 is 1.17 bits per heavy atom. The summed E-state index contributed by atoms with van der Waals surface area (Å²) in [5.74, 6) is 0. The number of hydrogen-bond donors (Lipinski definition) is 0. The van der Waals surface area contributed by atoms with Crippen LogP contribution >= 0.6 is 0 Å². The molecule has 0 amide bonds. The Morgan fingerprint density at radius 3 is 1.17 bits per heavy atom. The Labute approximate surface area is 78.2 Å². The molecule has 0 fully saturated rings. The van der Waals surface area contributed by atoms with Gasteiger partial charge in [-0.3, -0.25) is 0 Å². The molecule has 0 nitrogen and oxygen atoms in total. The third kappa shape index (κ3) is 43.9. The van der Waals surface area contributed by atoms with Crippen LogP contribution < -0.4 is 0 Å². The maximum absolute atomic E-state index is 3.38. The molecule has 0 bridgehead atoms. The molecule has 0 aliphatic heterocycles. The van der Waals surface area contributed by atoms with Gasteiger partial charge in [0.15, 0.2) is 0 Å². The fourth-order valence-corrected chi connectivity index (χ4v) is 0. The summed E-state index contributed by atoms with van der Waals surface area (Å²) in [5.41, 5.74) is 0. The van der Waals surface area contributed by atoms with Gasteiger partial charge in [0.2, 0.25) is 0 Å². The molecule has 0 aliphatic rings. The molecule has 0 aromatic rings. The Hall–Kier alpha value is 1.69. The van der Waals surface area contributed by atoms with E-state index in [1.807, 2.05) is 0 Å². The van der Waals surface area contributed by atoms with E-state index in [2.05, 4.69) is 13.8 Å². The molecule has 0 aliphatic carbocycles. The van der Waals surface area contributed by atoms with Gasteiger partial charge in [-0.15, -0.1) is 0 Å². The number of hydrogen-bond acceptors (Lipinski definition) is 0. The van der Waals surface area contributed by atoms with Crippen molar-refractivity contribution in [3.05, 3.63) is 21.3 Å². The van der Waals surface area contributed by atoms with Gasteiger partial charge in [0, 0.05) is 32.7 Å². The smallest absolute Gasteiger partial charge is 0.372 e. The van der Waals surface area contributed by atoms with Crippen LogP contribution in [0.5, 0.6) is 0 Å². The van der Waals surface area contributed by atoms with Gasteiger partial charge in [0.25, 0.3) is 0 Å². The Bertz CT molecular complexity index is 7.51. The normalized spacial score (nSPS) is 3.00. The predicted octanol–water partition coefficient (Wildman–Crippen LogP) is 1.49. The van der Waals surface area contributed by atoms with Crippen molar-refractivity contribution in [1.82, 2.24) is 0 Å². The molecule has 0 atom stereocenters. The maximum atomic E-state index is 3.38. The topological polar surface area (TPSA) is 0 Å². The van der Waals surface area contributed by atoms with Gasteiger partial charge in [-0.1, -0.05) is 0 Å². The quantitative estimate of drug-likeness (QED) is 0.516. The largest absolute Gasteiger partial charge is 2.00 e. The number of rotatable bonds is 0. The molecule has 0 spiro atoms. The zero-order valence-corrected chi connectivity index (χ0v) is 8.38. The van der Waals surface area contributed by atoms with Crippen LogP contribution in [0.1, 0.15) is 6.42 Å². The minimum absolute atomic E-state index is 0. The van der Waals surface area contributed by atoms with Crippen molar-refractivity contribution in [3.63, 3.8) is 0 Å². The van der Waals surface area contributed by atoms with E-state index in [-0.39, 0.29) is 58.7 Å². The summed E-state index contributed by atoms with van der Waals surface area (Å²) < 4.78 is 0. The summed E-state index contributed by atoms with van der Waals surface area (Å²) in [4.78, 5) is 0. The molecule has 2 radical (unpaired) electrons. The SMILES string of the molecule is [CH2-]C[CH2-].[CH3-].[V+2].[Y]. The molecule has 0 aromatic heterocycles. The first kappa shape index (κ1) is 25.3. The van der Waals surface area contributed by atoms with Crippen LogP contribution in [-0.2, 0) is 51.3 Å². The molecule has 6 heavy (non-hydrogen) atoms. The van der Waals surface area contributed by atoms with E-state index in [0.717, 1.165) is 6.42 Å². The van der Waals surface area contributed by atoms with Crippen molar-refractivity contribution in [3.8, 4) is 0 Å². The zero-order valence-electron chi connectivity index (χ0n) is 4.15. The van der Waals surface area contributed by atoms with E-state index in [1.165, 1.54) is 0 Å². The monoisotopic (exact) mass is 197 g/mol. The zero-order chi connectivity index (χ0) is 2.71. The predicted molar refractivity (Wildman–Crippen MR) is 21.7 cm³/mol. The summed E-state index contributed by atoms with van der Waals surface area (Å²) in [6.45, 7) is 6.75. The Kier molecular flexibility index (Phi) is 126. The summed E-state index contributed by atoms with van der Waals surface area (Å²) in [6.07, 6.45) is 0.750. The Morgan fingerprint density at radius 2 is 1.17 bits per heavy atom. The maximum Gasteiger partial charge on any atom is 2.00 e. The van der Waals surface area contributed by atoms with E-state index in [4.69, 9.17) is 0 Å². The van der Waals surface area contributed by atoms with Gasteiger partial charge in [-0.2, -0.15) is 0 Å². The van der Waals surface area contributed by atoms with E-state index < -0.39 is 0 Å². The van der Waals surface area contributed by atoms with Crippen molar-refractivity contribution in [1.29, 1.82) is 0 Å². The van der Waals surface area contributed by atoms with Gasteiger partial charge in [-0.25, -0.2) is 0 Å². The summed E-state index contributed by atoms with van der Waals surface area (Å²) >= 11 is 0. The minimum atomic E-state index is 0. The van der Waals surface area contributed by atoms with Crippen LogP contribution in [0.15, 0.2) is 0 Å². The van der Waals surface area contributed by atoms with Crippen molar-refractivity contribution in [2.24, 2.45) is 0 Å². The second-order valence-electron chi connectivity index (χ2n) is 0.354. The third-order valence-electron chi connectivity index (χ3n) is 0. The molecule has 2 heteroatoms. The first-order valence-corrected chi connectivity index (χ1v) is 1.000. The molecule has 0 heterocycles. The van der Waals surface area contributed by atoms with Crippen molar-refractivity contribution >= 4 is 0 Å². The van der Waals surface area contributed by atoms with Crippen molar-refractivity contribution < 1.29 is 51.3 Å². The Balaban J connectivity index is -0.00000000667. The molecule has 34 valence electrons. The molecule has 0 rings (SSSR count). The van der Waals surface area contributed by atoms with Crippen LogP contribution in [0.2, 0.25) is 0 Å². The average Bonchev–Trinajstić information content (AvgIpc) is 0.918. The second-order valence-corrected chi connectivity index (χ2v) is 0.354. The molecule has 0 saturated heterocycles. The molecule has 0 saturated carbocycles. The van der Waals surface area contributed by atoms with Crippen LogP contribution in [0.3, 0.4) is 0 Å². The first-order chi connectivity index (χ1) is 1.41. The summed E-state index contributed by atoms with van der Waals surface area (Å²) in [6, 6.07) is 0. The van der Waals surface area contributed by atoms with Gasteiger partial charge in [0.05, 0.1) is 0 Å². The van der Waals surface area contributed by atoms with Crippen LogP contribution in [0, 0.1) is 21.3 Å².